The normalized spacial score (nSPS) is 19.2. The van der Waals surface area contributed by atoms with Crippen molar-refractivity contribution in [3.05, 3.63) is 70.8 Å². The number of ether oxygens (including phenoxy) is 2. The van der Waals surface area contributed by atoms with Gasteiger partial charge in [0.1, 0.15) is 6.10 Å². The van der Waals surface area contributed by atoms with Gasteiger partial charge in [-0.1, -0.05) is 90.1 Å². The summed E-state index contributed by atoms with van der Waals surface area (Å²) in [6, 6.07) is 18.2. The van der Waals surface area contributed by atoms with Crippen molar-refractivity contribution in [2.75, 3.05) is 13.2 Å². The van der Waals surface area contributed by atoms with E-state index in [-0.39, 0.29) is 28.9 Å². The first kappa shape index (κ1) is 24.3. The largest absolute Gasteiger partial charge is 0.508 e. The lowest BCUT2D eigenvalue weighted by atomic mass is 9.80. The number of nitrogens with one attached hydrogen (secondary N) is 1. The van der Waals surface area contributed by atoms with Crippen LogP contribution < -0.4 is 5.32 Å². The topological polar surface area (TPSA) is 47.6 Å². The van der Waals surface area contributed by atoms with Gasteiger partial charge in [-0.05, 0) is 40.0 Å². The van der Waals surface area contributed by atoms with Crippen molar-refractivity contribution in [2.45, 2.75) is 83.8 Å². The molecule has 0 bridgehead atoms. The Labute approximate surface area is 193 Å². The third kappa shape index (κ3) is 5.92. The summed E-state index contributed by atoms with van der Waals surface area (Å²) in [4.78, 5) is 11.8. The van der Waals surface area contributed by atoms with Gasteiger partial charge in [-0.25, -0.2) is 4.79 Å². The lowest BCUT2D eigenvalue weighted by Crippen LogP contribution is -2.30. The number of carbonyl (C=O) groups is 1. The highest BCUT2D eigenvalue weighted by Gasteiger charge is 2.35. The Bertz CT molecular complexity index is 831. The molecule has 2 atom stereocenters. The average Bonchev–Trinajstić information content (AvgIpc) is 3.15. The lowest BCUT2D eigenvalue weighted by molar-refractivity contribution is 0.0318. The lowest BCUT2D eigenvalue weighted by Gasteiger charge is -2.27. The average molecular weight is 438 g/mol. The van der Waals surface area contributed by atoms with Crippen LogP contribution in [-0.2, 0) is 20.3 Å². The third-order valence-electron chi connectivity index (χ3n) is 6.32. The monoisotopic (exact) mass is 437 g/mol. The molecule has 0 amide bonds. The molecule has 2 aromatic rings. The molecule has 2 aromatic carbocycles. The minimum Gasteiger partial charge on any atom is -0.435 e. The second-order valence-electron chi connectivity index (χ2n) is 10.9. The third-order valence-corrected chi connectivity index (χ3v) is 6.32. The Morgan fingerprint density at radius 2 is 1.38 bits per heavy atom. The van der Waals surface area contributed by atoms with Gasteiger partial charge < -0.3 is 14.8 Å². The van der Waals surface area contributed by atoms with Crippen LogP contribution in [0.2, 0.25) is 0 Å². The summed E-state index contributed by atoms with van der Waals surface area (Å²) in [5.74, 6) is 0.175. The smallest absolute Gasteiger partial charge is 0.435 e. The second-order valence-corrected chi connectivity index (χ2v) is 10.9. The van der Waals surface area contributed by atoms with Crippen molar-refractivity contribution in [1.29, 1.82) is 0 Å². The van der Waals surface area contributed by atoms with Gasteiger partial charge >= 0.3 is 6.16 Å². The van der Waals surface area contributed by atoms with Crippen molar-refractivity contribution in [3.8, 4) is 0 Å². The molecule has 0 aliphatic carbocycles. The van der Waals surface area contributed by atoms with Crippen LogP contribution in [-0.4, -0.2) is 31.5 Å². The van der Waals surface area contributed by atoms with Crippen LogP contribution in [0.25, 0.3) is 0 Å². The molecular formula is C28H39NO3. The van der Waals surface area contributed by atoms with Gasteiger partial charge in [0.05, 0.1) is 6.61 Å². The van der Waals surface area contributed by atoms with E-state index in [2.05, 4.69) is 95.4 Å². The minimum absolute atomic E-state index is 0.118. The summed E-state index contributed by atoms with van der Waals surface area (Å²) in [5.41, 5.74) is 5.43. The molecule has 4 nitrogen and oxygen atoms in total. The maximum Gasteiger partial charge on any atom is 0.508 e. The molecule has 1 N–H and O–H groups in total. The number of hydrogen-bond acceptors (Lipinski definition) is 4. The van der Waals surface area contributed by atoms with Crippen LogP contribution in [0.5, 0.6) is 0 Å². The van der Waals surface area contributed by atoms with E-state index >= 15 is 0 Å². The fraction of sp³-hybridized carbons (Fsp3) is 0.536. The van der Waals surface area contributed by atoms with E-state index < -0.39 is 6.16 Å². The van der Waals surface area contributed by atoms with Crippen LogP contribution in [0.4, 0.5) is 4.79 Å². The van der Waals surface area contributed by atoms with Gasteiger partial charge in [-0.15, -0.1) is 0 Å². The van der Waals surface area contributed by atoms with E-state index in [4.69, 9.17) is 9.47 Å². The van der Waals surface area contributed by atoms with Crippen molar-refractivity contribution in [3.63, 3.8) is 0 Å². The van der Waals surface area contributed by atoms with Crippen LogP contribution in [0, 0.1) is 0 Å². The summed E-state index contributed by atoms with van der Waals surface area (Å²) < 4.78 is 10.5. The van der Waals surface area contributed by atoms with Crippen molar-refractivity contribution in [2.24, 2.45) is 0 Å². The predicted octanol–water partition coefficient (Wildman–Crippen LogP) is 6.32. The molecule has 0 radical (unpaired) electrons. The Kier molecular flexibility index (Phi) is 7.34. The van der Waals surface area contributed by atoms with Crippen LogP contribution in [0.15, 0.2) is 48.5 Å². The van der Waals surface area contributed by atoms with Gasteiger partial charge in [-0.3, -0.25) is 0 Å². The Hall–Kier alpha value is -2.33. The van der Waals surface area contributed by atoms with Crippen LogP contribution >= 0.6 is 0 Å². The first-order valence-electron chi connectivity index (χ1n) is 11.8. The van der Waals surface area contributed by atoms with Gasteiger partial charge in [0, 0.05) is 24.9 Å². The molecule has 2 unspecified atom stereocenters. The maximum atomic E-state index is 11.8. The van der Waals surface area contributed by atoms with Crippen molar-refractivity contribution in [1.82, 2.24) is 5.32 Å². The van der Waals surface area contributed by atoms with Crippen LogP contribution in [0.1, 0.15) is 83.1 Å². The van der Waals surface area contributed by atoms with E-state index in [0.717, 1.165) is 6.42 Å². The summed E-state index contributed by atoms with van der Waals surface area (Å²) in [7, 11) is 0. The Morgan fingerprint density at radius 3 is 1.78 bits per heavy atom. The summed E-state index contributed by atoms with van der Waals surface area (Å²) in [6.07, 6.45) is -0.00396. The van der Waals surface area contributed by atoms with E-state index in [1.807, 2.05) is 0 Å². The number of rotatable bonds is 5. The molecule has 0 aromatic heterocycles. The first-order chi connectivity index (χ1) is 15.0. The maximum absolute atomic E-state index is 11.8. The minimum atomic E-state index is -0.583. The van der Waals surface area contributed by atoms with E-state index in [9.17, 15) is 4.79 Å². The number of hydrogen-bond donors (Lipinski definition) is 1. The first-order valence-corrected chi connectivity index (χ1v) is 11.8. The van der Waals surface area contributed by atoms with E-state index in [0.29, 0.717) is 13.2 Å². The molecule has 1 aliphatic heterocycles. The zero-order valence-electron chi connectivity index (χ0n) is 20.7. The molecule has 1 fully saturated rings. The molecule has 1 saturated heterocycles. The number of carbonyl (C=O) groups excluding carboxylic acids is 1. The molecule has 0 saturated carbocycles. The molecule has 1 heterocycles. The van der Waals surface area contributed by atoms with Crippen LogP contribution in [0.3, 0.4) is 0 Å². The SMILES string of the molecule is CCOC(=O)OC1CNC(C(c2ccc(C(C)(C)C)cc2)c2ccc(C(C)(C)C)cc2)C1. The zero-order chi connectivity index (χ0) is 23.5. The molecular weight excluding hydrogens is 398 g/mol. The van der Waals surface area contributed by atoms with E-state index in [1.165, 1.54) is 22.3 Å². The summed E-state index contributed by atoms with van der Waals surface area (Å²) in [5, 5.41) is 3.61. The highest BCUT2D eigenvalue weighted by molar-refractivity contribution is 5.60. The highest BCUT2D eigenvalue weighted by atomic mass is 16.7. The predicted molar refractivity (Wildman–Crippen MR) is 130 cm³/mol. The second kappa shape index (κ2) is 9.66. The molecule has 3 rings (SSSR count). The fourth-order valence-electron chi connectivity index (χ4n) is 4.40. The van der Waals surface area contributed by atoms with Crippen molar-refractivity contribution < 1.29 is 14.3 Å². The zero-order valence-corrected chi connectivity index (χ0v) is 20.7. The fourth-order valence-corrected chi connectivity index (χ4v) is 4.40. The van der Waals surface area contributed by atoms with Gasteiger partial charge in [0.25, 0.3) is 0 Å². The molecule has 174 valence electrons. The van der Waals surface area contributed by atoms with Gasteiger partial charge in [0.2, 0.25) is 0 Å². The van der Waals surface area contributed by atoms with E-state index in [1.54, 1.807) is 6.92 Å². The van der Waals surface area contributed by atoms with Gasteiger partial charge in [0.15, 0.2) is 0 Å². The molecule has 1 aliphatic rings. The molecule has 32 heavy (non-hydrogen) atoms. The molecule has 4 heteroatoms. The Morgan fingerprint density at radius 1 is 0.906 bits per heavy atom. The number of benzene rings is 2. The van der Waals surface area contributed by atoms with Gasteiger partial charge in [-0.2, -0.15) is 0 Å². The Balaban J connectivity index is 1.89. The highest BCUT2D eigenvalue weighted by Crippen LogP contribution is 2.35. The standard InChI is InChI=1S/C28H39NO3/c1-8-31-26(30)32-23-17-24(29-18-23)25(19-9-13-21(14-10-19)27(2,3)4)20-11-15-22(16-12-20)28(5,6)7/h9-16,23-25,29H,8,17-18H2,1-7H3. The summed E-state index contributed by atoms with van der Waals surface area (Å²) in [6.45, 7) is 16.2. The summed E-state index contributed by atoms with van der Waals surface area (Å²) >= 11 is 0. The quantitative estimate of drug-likeness (QED) is 0.556. The van der Waals surface area contributed by atoms with Crippen molar-refractivity contribution >= 4 is 6.16 Å². The molecule has 0 spiro atoms.